The van der Waals surface area contributed by atoms with E-state index in [0.717, 1.165) is 62.3 Å². The molecule has 1 saturated heterocycles. The predicted molar refractivity (Wildman–Crippen MR) is 108 cm³/mol. The fourth-order valence-corrected chi connectivity index (χ4v) is 3.66. The molecule has 2 aromatic carbocycles. The number of ether oxygens (including phenoxy) is 4. The largest absolute Gasteiger partial charge is 0.493 e. The third kappa shape index (κ3) is 4.69. The van der Waals surface area contributed by atoms with Gasteiger partial charge in [-0.2, -0.15) is 0 Å². The first-order chi connectivity index (χ1) is 13.8. The molecule has 0 N–H and O–H groups in total. The van der Waals surface area contributed by atoms with Crippen LogP contribution in [0.3, 0.4) is 0 Å². The maximum atomic E-state index is 6.09. The molecule has 6 nitrogen and oxygen atoms in total. The lowest BCUT2D eigenvalue weighted by Crippen LogP contribution is -2.51. The second-order valence-electron chi connectivity index (χ2n) is 7.14. The number of rotatable bonds is 7. The second kappa shape index (κ2) is 9.17. The van der Waals surface area contributed by atoms with Gasteiger partial charge in [-0.3, -0.25) is 9.80 Å². The lowest BCUT2D eigenvalue weighted by atomic mass is 10.2. The highest BCUT2D eigenvalue weighted by Gasteiger charge is 2.25. The van der Waals surface area contributed by atoms with Crippen LogP contribution in [0, 0.1) is 0 Å². The SMILES string of the molecule is COc1ccccc1OCCN1CCN(CC2COc3ccccc3O2)CC1. The number of para-hydroxylation sites is 4. The number of hydrogen-bond donors (Lipinski definition) is 0. The van der Waals surface area contributed by atoms with E-state index in [0.29, 0.717) is 13.2 Å². The maximum absolute atomic E-state index is 6.09. The van der Waals surface area contributed by atoms with Crippen molar-refractivity contribution in [1.29, 1.82) is 0 Å². The van der Waals surface area contributed by atoms with Gasteiger partial charge < -0.3 is 18.9 Å². The summed E-state index contributed by atoms with van der Waals surface area (Å²) in [7, 11) is 1.67. The van der Waals surface area contributed by atoms with Gasteiger partial charge in [-0.15, -0.1) is 0 Å². The molecule has 28 heavy (non-hydrogen) atoms. The molecule has 0 bridgehead atoms. The van der Waals surface area contributed by atoms with Crippen LogP contribution in [-0.4, -0.2) is 75.5 Å². The quantitative estimate of drug-likeness (QED) is 0.731. The van der Waals surface area contributed by atoms with Crippen LogP contribution in [0.4, 0.5) is 0 Å². The molecular formula is C22H28N2O4. The summed E-state index contributed by atoms with van der Waals surface area (Å²) in [6.45, 7) is 7.26. The summed E-state index contributed by atoms with van der Waals surface area (Å²) >= 11 is 0. The lowest BCUT2D eigenvalue weighted by Gasteiger charge is -2.37. The molecule has 0 saturated carbocycles. The summed E-state index contributed by atoms with van der Waals surface area (Å²) in [6.07, 6.45) is 0.0929. The van der Waals surface area contributed by atoms with Crippen LogP contribution < -0.4 is 18.9 Å². The third-order valence-electron chi connectivity index (χ3n) is 5.23. The molecule has 6 heteroatoms. The van der Waals surface area contributed by atoms with Crippen molar-refractivity contribution >= 4 is 0 Å². The van der Waals surface area contributed by atoms with E-state index in [1.807, 2.05) is 48.5 Å². The summed E-state index contributed by atoms with van der Waals surface area (Å²) in [5.41, 5.74) is 0. The first-order valence-electron chi connectivity index (χ1n) is 9.91. The Morgan fingerprint density at radius 1 is 0.893 bits per heavy atom. The Morgan fingerprint density at radius 3 is 2.36 bits per heavy atom. The first-order valence-corrected chi connectivity index (χ1v) is 9.91. The van der Waals surface area contributed by atoms with Crippen molar-refractivity contribution in [2.45, 2.75) is 6.10 Å². The van der Waals surface area contributed by atoms with Crippen molar-refractivity contribution in [3.05, 3.63) is 48.5 Å². The van der Waals surface area contributed by atoms with Gasteiger partial charge in [0.15, 0.2) is 23.0 Å². The van der Waals surface area contributed by atoms with Gasteiger partial charge in [-0.1, -0.05) is 24.3 Å². The summed E-state index contributed by atoms with van der Waals surface area (Å²) in [5, 5.41) is 0. The van der Waals surface area contributed by atoms with Crippen LogP contribution >= 0.6 is 0 Å². The molecule has 0 spiro atoms. The molecule has 2 aliphatic rings. The normalized spacial score (nSPS) is 20.0. The number of piperazine rings is 1. The zero-order chi connectivity index (χ0) is 19.2. The van der Waals surface area contributed by atoms with Gasteiger partial charge in [0, 0.05) is 39.3 Å². The molecule has 2 heterocycles. The monoisotopic (exact) mass is 384 g/mol. The molecule has 0 radical (unpaired) electrons. The summed E-state index contributed by atoms with van der Waals surface area (Å²) < 4.78 is 23.1. The van der Waals surface area contributed by atoms with Gasteiger partial charge in [0.1, 0.15) is 19.3 Å². The van der Waals surface area contributed by atoms with Crippen molar-refractivity contribution < 1.29 is 18.9 Å². The minimum Gasteiger partial charge on any atom is -0.493 e. The minimum absolute atomic E-state index is 0.0929. The van der Waals surface area contributed by atoms with Crippen LogP contribution in [-0.2, 0) is 0 Å². The number of nitrogens with zero attached hydrogens (tertiary/aromatic N) is 2. The van der Waals surface area contributed by atoms with E-state index in [-0.39, 0.29) is 6.10 Å². The molecule has 1 atom stereocenters. The fraction of sp³-hybridized carbons (Fsp3) is 0.455. The van der Waals surface area contributed by atoms with Crippen LogP contribution in [0.15, 0.2) is 48.5 Å². The first kappa shape index (κ1) is 18.9. The Labute approximate surface area is 166 Å². The topological polar surface area (TPSA) is 43.4 Å². The van der Waals surface area contributed by atoms with E-state index in [1.165, 1.54) is 0 Å². The Bertz CT molecular complexity index is 762. The highest BCUT2D eigenvalue weighted by Crippen LogP contribution is 2.31. The van der Waals surface area contributed by atoms with Crippen molar-refractivity contribution in [2.24, 2.45) is 0 Å². The van der Waals surface area contributed by atoms with E-state index < -0.39 is 0 Å². The van der Waals surface area contributed by atoms with Gasteiger partial charge in [0.25, 0.3) is 0 Å². The average molecular weight is 384 g/mol. The van der Waals surface area contributed by atoms with Crippen LogP contribution in [0.5, 0.6) is 23.0 Å². The Balaban J connectivity index is 1.17. The van der Waals surface area contributed by atoms with Gasteiger partial charge in [0.05, 0.1) is 7.11 Å². The molecule has 4 rings (SSSR count). The van der Waals surface area contributed by atoms with Crippen molar-refractivity contribution in [3.8, 4) is 23.0 Å². The predicted octanol–water partition coefficient (Wildman–Crippen LogP) is 2.53. The van der Waals surface area contributed by atoms with Crippen LogP contribution in [0.25, 0.3) is 0 Å². The smallest absolute Gasteiger partial charge is 0.161 e. The maximum Gasteiger partial charge on any atom is 0.161 e. The van der Waals surface area contributed by atoms with Crippen LogP contribution in [0.2, 0.25) is 0 Å². The standard InChI is InChI=1S/C22H28N2O4/c1-25-19-6-2-3-7-20(19)26-15-14-23-10-12-24(13-11-23)16-18-17-27-21-8-4-5-9-22(21)28-18/h2-9,18H,10-17H2,1H3. The molecule has 2 aliphatic heterocycles. The number of methoxy groups -OCH3 is 1. The van der Waals surface area contributed by atoms with Gasteiger partial charge in [-0.05, 0) is 24.3 Å². The molecule has 0 aromatic heterocycles. The van der Waals surface area contributed by atoms with Crippen LogP contribution in [0.1, 0.15) is 0 Å². The number of benzene rings is 2. The van der Waals surface area contributed by atoms with E-state index in [2.05, 4.69) is 9.80 Å². The van der Waals surface area contributed by atoms with Gasteiger partial charge >= 0.3 is 0 Å². The van der Waals surface area contributed by atoms with Crippen molar-refractivity contribution in [2.75, 3.05) is 59.6 Å². The Kier molecular flexibility index (Phi) is 6.19. The van der Waals surface area contributed by atoms with Crippen molar-refractivity contribution in [3.63, 3.8) is 0 Å². The zero-order valence-corrected chi connectivity index (χ0v) is 16.4. The Hall–Kier alpha value is -2.44. The molecule has 1 fully saturated rings. The highest BCUT2D eigenvalue weighted by molar-refractivity contribution is 5.41. The molecule has 150 valence electrons. The van der Waals surface area contributed by atoms with E-state index in [9.17, 15) is 0 Å². The fourth-order valence-electron chi connectivity index (χ4n) is 3.66. The Morgan fingerprint density at radius 2 is 1.57 bits per heavy atom. The summed E-state index contributed by atoms with van der Waals surface area (Å²) in [4.78, 5) is 4.90. The number of fused-ring (bicyclic) bond motifs is 1. The molecular weight excluding hydrogens is 356 g/mol. The van der Waals surface area contributed by atoms with Crippen molar-refractivity contribution in [1.82, 2.24) is 9.80 Å². The molecule has 0 amide bonds. The zero-order valence-electron chi connectivity index (χ0n) is 16.4. The third-order valence-corrected chi connectivity index (χ3v) is 5.23. The molecule has 2 aromatic rings. The number of hydrogen-bond acceptors (Lipinski definition) is 6. The second-order valence-corrected chi connectivity index (χ2v) is 7.14. The van der Waals surface area contributed by atoms with E-state index >= 15 is 0 Å². The van der Waals surface area contributed by atoms with E-state index in [1.54, 1.807) is 7.11 Å². The van der Waals surface area contributed by atoms with E-state index in [4.69, 9.17) is 18.9 Å². The molecule has 1 unspecified atom stereocenters. The average Bonchev–Trinajstić information content (AvgIpc) is 2.75. The minimum atomic E-state index is 0.0929. The van der Waals surface area contributed by atoms with Gasteiger partial charge in [0.2, 0.25) is 0 Å². The van der Waals surface area contributed by atoms with Gasteiger partial charge in [-0.25, -0.2) is 0 Å². The summed E-state index contributed by atoms with van der Waals surface area (Å²) in [5.74, 6) is 3.28. The summed E-state index contributed by atoms with van der Waals surface area (Å²) in [6, 6.07) is 15.7. The highest BCUT2D eigenvalue weighted by atomic mass is 16.6. The molecule has 0 aliphatic carbocycles. The lowest BCUT2D eigenvalue weighted by molar-refractivity contribution is 0.0383.